The van der Waals surface area contributed by atoms with E-state index in [9.17, 15) is 4.79 Å². The van der Waals surface area contributed by atoms with Crippen molar-refractivity contribution in [3.63, 3.8) is 0 Å². The summed E-state index contributed by atoms with van der Waals surface area (Å²) in [6.07, 6.45) is 3.12. The van der Waals surface area contributed by atoms with E-state index in [1.54, 1.807) is 13.2 Å². The number of ether oxygens (including phenoxy) is 1. The van der Waals surface area contributed by atoms with E-state index in [1.165, 1.54) is 0 Å². The van der Waals surface area contributed by atoms with Crippen molar-refractivity contribution in [2.75, 3.05) is 32.1 Å². The number of nitrogens with zero attached hydrogens (tertiary/aromatic N) is 1. The van der Waals surface area contributed by atoms with E-state index in [1.807, 2.05) is 17.0 Å². The lowest BCUT2D eigenvalue weighted by Crippen LogP contribution is -2.43. The van der Waals surface area contributed by atoms with E-state index in [4.69, 9.17) is 16.3 Å². The Morgan fingerprint density at radius 3 is 3.05 bits per heavy atom. The van der Waals surface area contributed by atoms with Crippen LogP contribution in [0.4, 0.5) is 5.69 Å². The maximum Gasteiger partial charge on any atom is 0.256 e. The van der Waals surface area contributed by atoms with Crippen molar-refractivity contribution in [1.29, 1.82) is 0 Å². The molecule has 0 saturated carbocycles. The van der Waals surface area contributed by atoms with E-state index in [0.29, 0.717) is 17.1 Å². The Hall–Kier alpha value is -1.26. The van der Waals surface area contributed by atoms with Crippen LogP contribution in [0.15, 0.2) is 18.2 Å². The van der Waals surface area contributed by atoms with Gasteiger partial charge in [-0.05, 0) is 37.5 Å². The summed E-state index contributed by atoms with van der Waals surface area (Å²) in [7, 11) is 1.70. The first-order chi connectivity index (χ1) is 10.2. The zero-order valence-corrected chi connectivity index (χ0v) is 13.4. The van der Waals surface area contributed by atoms with Crippen LogP contribution >= 0.6 is 11.6 Å². The highest BCUT2D eigenvalue weighted by Gasteiger charge is 2.25. The summed E-state index contributed by atoms with van der Waals surface area (Å²) in [5.41, 5.74) is 1.50. The van der Waals surface area contributed by atoms with Gasteiger partial charge in [0.25, 0.3) is 5.91 Å². The van der Waals surface area contributed by atoms with E-state index in [2.05, 4.69) is 12.2 Å². The first kappa shape index (κ1) is 16.1. The summed E-state index contributed by atoms with van der Waals surface area (Å²) in [6.45, 7) is 4.36. The Morgan fingerprint density at radius 1 is 1.52 bits per heavy atom. The summed E-state index contributed by atoms with van der Waals surface area (Å²) in [5.74, 6) is 0.0258. The second kappa shape index (κ2) is 7.66. The van der Waals surface area contributed by atoms with Gasteiger partial charge in [0.15, 0.2) is 0 Å². The van der Waals surface area contributed by atoms with Crippen LogP contribution < -0.4 is 5.32 Å². The summed E-state index contributed by atoms with van der Waals surface area (Å²) in [5, 5.41) is 3.88. The molecule has 4 nitrogen and oxygen atoms in total. The number of carbonyl (C=O) groups is 1. The molecule has 1 aromatic rings. The number of rotatable bonds is 5. The number of halogens is 1. The first-order valence-electron chi connectivity index (χ1n) is 7.51. The van der Waals surface area contributed by atoms with E-state index in [-0.39, 0.29) is 12.0 Å². The van der Waals surface area contributed by atoms with Crippen molar-refractivity contribution in [2.24, 2.45) is 0 Å². The number of hydrogen-bond donors (Lipinski definition) is 1. The molecule has 1 aliphatic heterocycles. The molecular weight excluding hydrogens is 288 g/mol. The average molecular weight is 311 g/mol. The van der Waals surface area contributed by atoms with Crippen LogP contribution in [0.3, 0.4) is 0 Å². The normalized spacial score (nSPS) is 18.6. The fourth-order valence-corrected chi connectivity index (χ4v) is 2.76. The standard InChI is InChI=1S/C16H23ClN2O2/c1-3-8-18-15-7-6-12(17)10-14(15)16(20)19-9-4-5-13(11-19)21-2/h6-7,10,13,18H,3-5,8-9,11H2,1-2H3. The highest BCUT2D eigenvalue weighted by molar-refractivity contribution is 6.31. The van der Waals surface area contributed by atoms with Gasteiger partial charge >= 0.3 is 0 Å². The van der Waals surface area contributed by atoms with Crippen LogP contribution in [0, 0.1) is 0 Å². The smallest absolute Gasteiger partial charge is 0.256 e. The second-order valence-corrected chi connectivity index (χ2v) is 5.80. The molecule has 5 heteroatoms. The van der Waals surface area contributed by atoms with Gasteiger partial charge < -0.3 is 15.0 Å². The van der Waals surface area contributed by atoms with Crippen LogP contribution in [-0.4, -0.2) is 43.7 Å². The number of amides is 1. The fraction of sp³-hybridized carbons (Fsp3) is 0.562. The topological polar surface area (TPSA) is 41.6 Å². The molecule has 1 atom stereocenters. The lowest BCUT2D eigenvalue weighted by Gasteiger charge is -2.32. The molecule has 1 amide bonds. The van der Waals surface area contributed by atoms with Crippen LogP contribution in [0.25, 0.3) is 0 Å². The van der Waals surface area contributed by atoms with Crippen molar-refractivity contribution < 1.29 is 9.53 Å². The summed E-state index contributed by atoms with van der Waals surface area (Å²) >= 11 is 6.07. The molecule has 1 heterocycles. The molecule has 2 rings (SSSR count). The quantitative estimate of drug-likeness (QED) is 0.906. The van der Waals surface area contributed by atoms with Gasteiger partial charge in [0.05, 0.1) is 11.7 Å². The highest BCUT2D eigenvalue weighted by Crippen LogP contribution is 2.24. The maximum atomic E-state index is 12.8. The molecule has 0 spiro atoms. The first-order valence-corrected chi connectivity index (χ1v) is 7.89. The summed E-state index contributed by atoms with van der Waals surface area (Å²) < 4.78 is 5.39. The van der Waals surface area contributed by atoms with Crippen molar-refractivity contribution in [3.8, 4) is 0 Å². The zero-order valence-electron chi connectivity index (χ0n) is 12.7. The van der Waals surface area contributed by atoms with Gasteiger partial charge in [0.2, 0.25) is 0 Å². The van der Waals surface area contributed by atoms with E-state index >= 15 is 0 Å². The van der Waals surface area contributed by atoms with E-state index in [0.717, 1.165) is 38.0 Å². The highest BCUT2D eigenvalue weighted by atomic mass is 35.5. The second-order valence-electron chi connectivity index (χ2n) is 5.37. The van der Waals surface area contributed by atoms with Crippen molar-refractivity contribution in [2.45, 2.75) is 32.3 Å². The van der Waals surface area contributed by atoms with Gasteiger partial charge in [0.1, 0.15) is 0 Å². The van der Waals surface area contributed by atoms with Gasteiger partial charge in [0, 0.05) is 37.5 Å². The van der Waals surface area contributed by atoms with Gasteiger partial charge in [-0.15, -0.1) is 0 Å². The van der Waals surface area contributed by atoms with Gasteiger partial charge in [-0.1, -0.05) is 18.5 Å². The Balaban J connectivity index is 2.18. The number of benzene rings is 1. The molecule has 1 N–H and O–H groups in total. The number of anilines is 1. The largest absolute Gasteiger partial charge is 0.384 e. The third-order valence-electron chi connectivity index (χ3n) is 3.78. The fourth-order valence-electron chi connectivity index (χ4n) is 2.59. The number of nitrogens with one attached hydrogen (secondary N) is 1. The third-order valence-corrected chi connectivity index (χ3v) is 4.01. The summed E-state index contributed by atoms with van der Waals surface area (Å²) in [6, 6.07) is 5.44. The van der Waals surface area contributed by atoms with Crippen molar-refractivity contribution in [3.05, 3.63) is 28.8 Å². The lowest BCUT2D eigenvalue weighted by atomic mass is 10.1. The van der Waals surface area contributed by atoms with Crippen molar-refractivity contribution >= 4 is 23.2 Å². The minimum atomic E-state index is 0.0258. The van der Waals surface area contributed by atoms with Crippen LogP contribution in [0.1, 0.15) is 36.5 Å². The molecule has 21 heavy (non-hydrogen) atoms. The van der Waals surface area contributed by atoms with E-state index < -0.39 is 0 Å². The molecule has 116 valence electrons. The number of carbonyl (C=O) groups excluding carboxylic acids is 1. The Labute approximate surface area is 131 Å². The van der Waals surface area contributed by atoms with Gasteiger partial charge in [-0.2, -0.15) is 0 Å². The Morgan fingerprint density at radius 2 is 2.33 bits per heavy atom. The molecule has 1 aromatic carbocycles. The maximum absolute atomic E-state index is 12.8. The molecule has 1 unspecified atom stereocenters. The minimum absolute atomic E-state index is 0.0258. The molecule has 1 fully saturated rings. The van der Waals surface area contributed by atoms with Crippen LogP contribution in [-0.2, 0) is 4.74 Å². The summed E-state index contributed by atoms with van der Waals surface area (Å²) in [4.78, 5) is 14.6. The van der Waals surface area contributed by atoms with Crippen molar-refractivity contribution in [1.82, 2.24) is 4.90 Å². The molecule has 0 aromatic heterocycles. The zero-order chi connectivity index (χ0) is 15.2. The molecule has 0 bridgehead atoms. The minimum Gasteiger partial charge on any atom is -0.384 e. The number of likely N-dealkylation sites (tertiary alicyclic amines) is 1. The molecule has 0 radical (unpaired) electrons. The average Bonchev–Trinajstić information content (AvgIpc) is 2.53. The number of hydrogen-bond acceptors (Lipinski definition) is 3. The predicted octanol–water partition coefficient (Wildman–Crippen LogP) is 3.41. The third kappa shape index (κ3) is 4.11. The monoisotopic (exact) mass is 310 g/mol. The Kier molecular flexibility index (Phi) is 5.88. The van der Waals surface area contributed by atoms with Crippen LogP contribution in [0.2, 0.25) is 5.02 Å². The lowest BCUT2D eigenvalue weighted by molar-refractivity contribution is 0.0269. The number of piperidine rings is 1. The van der Waals surface area contributed by atoms with Crippen LogP contribution in [0.5, 0.6) is 0 Å². The molecular formula is C16H23ClN2O2. The van der Waals surface area contributed by atoms with Gasteiger partial charge in [-0.25, -0.2) is 0 Å². The molecule has 1 aliphatic rings. The SMILES string of the molecule is CCCNc1ccc(Cl)cc1C(=O)N1CCCC(OC)C1. The number of methoxy groups -OCH3 is 1. The molecule has 0 aliphatic carbocycles. The predicted molar refractivity (Wildman–Crippen MR) is 86.2 cm³/mol. The molecule has 1 saturated heterocycles. The Bertz CT molecular complexity index is 493. The van der Waals surface area contributed by atoms with Gasteiger partial charge in [-0.3, -0.25) is 4.79 Å².